The smallest absolute Gasteiger partial charge is 0.429 e. The van der Waals surface area contributed by atoms with Crippen LogP contribution in [-0.4, -0.2) is 82.9 Å². The van der Waals surface area contributed by atoms with Crippen LogP contribution in [-0.2, 0) is 18.9 Å². The number of H-pyrrole nitrogens is 1. The maximum Gasteiger partial charge on any atom is 0.429 e. The first-order chi connectivity index (χ1) is 21.8. The summed E-state index contributed by atoms with van der Waals surface area (Å²) >= 11 is 0. The van der Waals surface area contributed by atoms with Crippen LogP contribution in [0.5, 0.6) is 0 Å². The molecule has 14 nitrogen and oxygen atoms in total. The number of nitrogens with one attached hydrogen (secondary N) is 3. The molecule has 0 aliphatic heterocycles. The van der Waals surface area contributed by atoms with Crippen LogP contribution in [0.4, 0.5) is 19.2 Å². The van der Waals surface area contributed by atoms with E-state index in [0.717, 1.165) is 16.7 Å². The van der Waals surface area contributed by atoms with Gasteiger partial charge in [-0.1, -0.05) is 42.5 Å². The van der Waals surface area contributed by atoms with Crippen molar-refractivity contribution >= 4 is 24.4 Å². The van der Waals surface area contributed by atoms with E-state index in [1.165, 1.54) is 10.0 Å². The van der Waals surface area contributed by atoms with E-state index < -0.39 is 36.5 Å². The Balaban J connectivity index is 1.78. The molecular weight excluding hydrogens is 584 g/mol. The topological polar surface area (TPSA) is 164 Å². The second-order valence-electron chi connectivity index (χ2n) is 10.1. The highest BCUT2D eigenvalue weighted by molar-refractivity contribution is 5.76. The predicted molar refractivity (Wildman–Crippen MR) is 163 cm³/mol. The average molecular weight is 625 g/mol. The largest absolute Gasteiger partial charge is 0.449 e. The van der Waals surface area contributed by atoms with E-state index in [-0.39, 0.29) is 38.3 Å². The van der Waals surface area contributed by atoms with Gasteiger partial charge in [0.25, 0.3) is 0 Å². The third-order valence-corrected chi connectivity index (χ3v) is 7.42. The molecule has 1 heterocycles. The number of rotatable bonds is 9. The van der Waals surface area contributed by atoms with Crippen LogP contribution in [0.1, 0.15) is 63.5 Å². The lowest BCUT2D eigenvalue weighted by molar-refractivity contribution is 0.0538. The van der Waals surface area contributed by atoms with Crippen molar-refractivity contribution in [1.29, 1.82) is 0 Å². The molecule has 0 radical (unpaired) electrons. The van der Waals surface area contributed by atoms with Gasteiger partial charge in [0.1, 0.15) is 5.82 Å². The molecule has 4 atom stereocenters. The Morgan fingerprint density at radius 2 is 1.24 bits per heavy atom. The molecule has 3 N–H and O–H groups in total. The van der Waals surface area contributed by atoms with Gasteiger partial charge in [-0.3, -0.25) is 0 Å². The van der Waals surface area contributed by atoms with E-state index in [0.29, 0.717) is 18.7 Å². The average Bonchev–Trinajstić information content (AvgIpc) is 3.81. The van der Waals surface area contributed by atoms with Crippen LogP contribution in [0.15, 0.2) is 54.9 Å². The molecule has 14 heteroatoms. The van der Waals surface area contributed by atoms with E-state index in [2.05, 4.69) is 20.8 Å². The first-order valence-corrected chi connectivity index (χ1v) is 15.1. The monoisotopic (exact) mass is 624 g/mol. The zero-order chi connectivity index (χ0) is 32.3. The molecule has 1 aromatic carbocycles. The highest BCUT2D eigenvalue weighted by Crippen LogP contribution is 2.43. The zero-order valence-electron chi connectivity index (χ0n) is 25.9. The van der Waals surface area contributed by atoms with Gasteiger partial charge in [0.15, 0.2) is 0 Å². The summed E-state index contributed by atoms with van der Waals surface area (Å²) in [5, 5.41) is 2.35. The molecule has 4 amide bonds. The number of hydrazine groups is 2. The third-order valence-electron chi connectivity index (χ3n) is 7.42. The molecule has 0 fully saturated rings. The summed E-state index contributed by atoms with van der Waals surface area (Å²) in [5.41, 5.74) is 7.51. The molecule has 0 unspecified atom stereocenters. The van der Waals surface area contributed by atoms with Crippen LogP contribution in [0.25, 0.3) is 11.4 Å². The number of benzene rings is 1. The Morgan fingerprint density at radius 3 is 1.64 bits per heavy atom. The van der Waals surface area contributed by atoms with E-state index >= 15 is 0 Å². The second kappa shape index (κ2) is 15.6. The van der Waals surface area contributed by atoms with E-state index in [1.54, 1.807) is 40.1 Å². The summed E-state index contributed by atoms with van der Waals surface area (Å²) in [7, 11) is 0. The quantitative estimate of drug-likeness (QED) is 0.195. The first-order valence-electron chi connectivity index (χ1n) is 15.1. The molecule has 1 aromatic heterocycles. The summed E-state index contributed by atoms with van der Waals surface area (Å²) in [5.74, 6) is -0.209. The van der Waals surface area contributed by atoms with Crippen LogP contribution in [0.2, 0.25) is 0 Å². The van der Waals surface area contributed by atoms with Gasteiger partial charge in [0.2, 0.25) is 0 Å². The number of imidazole rings is 1. The molecular formula is C31H40N6O8. The van der Waals surface area contributed by atoms with Crippen molar-refractivity contribution in [3.8, 4) is 11.4 Å². The molecule has 0 bridgehead atoms. The minimum atomic E-state index is -0.775. The fourth-order valence-corrected chi connectivity index (χ4v) is 5.69. The molecule has 0 saturated carbocycles. The summed E-state index contributed by atoms with van der Waals surface area (Å²) < 4.78 is 20.7. The molecule has 45 heavy (non-hydrogen) atoms. The van der Waals surface area contributed by atoms with Gasteiger partial charge in [0, 0.05) is 29.8 Å². The Bertz CT molecular complexity index is 1310. The van der Waals surface area contributed by atoms with Gasteiger partial charge in [-0.15, -0.1) is 0 Å². The standard InChI is InChI=1S/C31H40N6O8/c1-5-42-28(38)34-36(30(40)44-7-3)24-16-10-12-20(24)22-14-9-15-23(26(22)27-32-18-19-33-27)21-13-11-17-25(21)37(31(41)45-8-4)35-29(39)43-6-2/h9-15,18-21,24-25H,5-8,16-17H2,1-4H3,(H,32,33)(H,34,38)(H,35,39)/t20-,21+,24+,25-. The number of ether oxygens (including phenoxy) is 4. The van der Waals surface area contributed by atoms with Crippen molar-refractivity contribution in [2.75, 3.05) is 26.4 Å². The summed E-state index contributed by atoms with van der Waals surface area (Å²) in [6.45, 7) is 7.20. The Kier molecular flexibility index (Phi) is 11.4. The number of aromatic nitrogens is 2. The second-order valence-corrected chi connectivity index (χ2v) is 10.1. The molecule has 2 aromatic rings. The third kappa shape index (κ3) is 7.56. The van der Waals surface area contributed by atoms with Crippen molar-refractivity contribution in [3.05, 3.63) is 66.0 Å². The number of hydrogen-bond acceptors (Lipinski definition) is 9. The maximum absolute atomic E-state index is 13.1. The molecule has 2 aliphatic rings. The van der Waals surface area contributed by atoms with Gasteiger partial charge in [-0.05, 0) is 51.7 Å². The number of carbonyl (C=O) groups is 4. The predicted octanol–water partition coefficient (Wildman–Crippen LogP) is 5.14. The molecule has 0 spiro atoms. The Morgan fingerprint density at radius 1 is 0.778 bits per heavy atom. The van der Waals surface area contributed by atoms with Crippen molar-refractivity contribution in [3.63, 3.8) is 0 Å². The lowest BCUT2D eigenvalue weighted by atomic mass is 9.82. The van der Waals surface area contributed by atoms with Crippen LogP contribution < -0.4 is 10.9 Å². The normalized spacial score (nSPS) is 19.9. The molecule has 4 rings (SSSR count). The van der Waals surface area contributed by atoms with Crippen LogP contribution in [0.3, 0.4) is 0 Å². The number of hydrogen-bond donors (Lipinski definition) is 3. The first kappa shape index (κ1) is 32.9. The number of aromatic amines is 1. The van der Waals surface area contributed by atoms with E-state index in [1.807, 2.05) is 42.5 Å². The van der Waals surface area contributed by atoms with Crippen molar-refractivity contribution < 1.29 is 38.1 Å². The van der Waals surface area contributed by atoms with Crippen molar-refractivity contribution in [2.24, 2.45) is 0 Å². The van der Waals surface area contributed by atoms with Gasteiger partial charge in [0.05, 0.1) is 38.5 Å². The van der Waals surface area contributed by atoms with Crippen LogP contribution >= 0.6 is 0 Å². The van der Waals surface area contributed by atoms with Crippen molar-refractivity contribution in [2.45, 2.75) is 64.5 Å². The molecule has 0 saturated heterocycles. The van der Waals surface area contributed by atoms with Gasteiger partial charge >= 0.3 is 24.4 Å². The Hall–Kier alpha value is -5.01. The summed E-state index contributed by atoms with van der Waals surface area (Å²) in [6.07, 6.45) is 9.08. The fraction of sp³-hybridized carbons (Fsp3) is 0.452. The minimum absolute atomic E-state index is 0.115. The van der Waals surface area contributed by atoms with Gasteiger partial charge in [-0.25, -0.2) is 45.0 Å². The minimum Gasteiger partial charge on any atom is -0.449 e. The Labute approximate surface area is 261 Å². The van der Waals surface area contributed by atoms with E-state index in [4.69, 9.17) is 18.9 Å². The van der Waals surface area contributed by atoms with Crippen molar-refractivity contribution in [1.82, 2.24) is 30.8 Å². The summed E-state index contributed by atoms with van der Waals surface area (Å²) in [4.78, 5) is 58.9. The SMILES string of the molecule is CCOC(=O)NN(C(=O)OCC)[C@@H]1CC=C[C@H]1c1cccc([C@H]2C=CC[C@@H]2N(NC(=O)OCC)C(=O)OCC)c1-c1ncc[nH]1. The lowest BCUT2D eigenvalue weighted by Crippen LogP contribution is -2.53. The highest BCUT2D eigenvalue weighted by atomic mass is 16.6. The molecule has 2 aliphatic carbocycles. The number of carbonyl (C=O) groups excluding carboxylic acids is 4. The fourth-order valence-electron chi connectivity index (χ4n) is 5.69. The van der Waals surface area contributed by atoms with Gasteiger partial charge < -0.3 is 23.9 Å². The van der Waals surface area contributed by atoms with E-state index in [9.17, 15) is 19.2 Å². The highest BCUT2D eigenvalue weighted by Gasteiger charge is 2.40. The van der Waals surface area contributed by atoms with Crippen LogP contribution in [0, 0.1) is 0 Å². The zero-order valence-corrected chi connectivity index (χ0v) is 25.9. The molecule has 242 valence electrons. The number of nitrogens with zero attached hydrogens (tertiary/aromatic N) is 3. The van der Waals surface area contributed by atoms with Gasteiger partial charge in [-0.2, -0.15) is 0 Å². The summed E-state index contributed by atoms with van der Waals surface area (Å²) in [6, 6.07) is 4.68. The number of amides is 4. The lowest BCUT2D eigenvalue weighted by Gasteiger charge is -2.34. The maximum atomic E-state index is 13.1.